The van der Waals surface area contributed by atoms with Crippen LogP contribution < -0.4 is 10.6 Å². The third kappa shape index (κ3) is 7.35. The van der Waals surface area contributed by atoms with Gasteiger partial charge in [0.25, 0.3) is 0 Å². The summed E-state index contributed by atoms with van der Waals surface area (Å²) < 4.78 is 26.1. The first-order valence-electron chi connectivity index (χ1n) is 8.14. The Morgan fingerprint density at radius 1 is 1.22 bits per heavy atom. The lowest BCUT2D eigenvalue weighted by atomic mass is 9.96. The van der Waals surface area contributed by atoms with Gasteiger partial charge in [-0.2, -0.15) is 11.8 Å². The number of aliphatic imine (C=N–C) groups is 1. The fraction of sp³-hybridized carbons (Fsp3) is 0.929. The first kappa shape index (κ1) is 21.3. The predicted molar refractivity (Wildman–Crippen MR) is 109 cm³/mol. The van der Waals surface area contributed by atoms with Crippen molar-refractivity contribution >= 4 is 51.7 Å². The van der Waals surface area contributed by atoms with Gasteiger partial charge in [-0.15, -0.1) is 24.0 Å². The van der Waals surface area contributed by atoms with Gasteiger partial charge < -0.3 is 10.6 Å². The number of hydrogen-bond donors (Lipinski definition) is 2. The van der Waals surface area contributed by atoms with Crippen molar-refractivity contribution in [3.63, 3.8) is 0 Å². The first-order valence-corrected chi connectivity index (χ1v) is 10.9. The number of nitrogens with one attached hydrogen (secondary N) is 2. The summed E-state index contributed by atoms with van der Waals surface area (Å²) in [6.07, 6.45) is 6.18. The van der Waals surface area contributed by atoms with E-state index in [1.807, 2.05) is 11.8 Å². The third-order valence-corrected chi connectivity index (χ3v) is 7.00. The highest BCUT2D eigenvalue weighted by molar-refractivity contribution is 14.0. The molecule has 0 aromatic carbocycles. The Morgan fingerprint density at radius 2 is 1.87 bits per heavy atom. The number of rotatable bonds is 5. The maximum Gasteiger partial charge on any atom is 0.215 e. The monoisotopic (exact) mass is 476 g/mol. The summed E-state index contributed by atoms with van der Waals surface area (Å²) in [6, 6.07) is 0.468. The Labute approximate surface area is 161 Å². The average Bonchev–Trinajstić information content (AvgIpc) is 2.55. The highest BCUT2D eigenvalue weighted by Gasteiger charge is 2.23. The van der Waals surface area contributed by atoms with E-state index in [1.165, 1.54) is 32.1 Å². The second-order valence-corrected chi connectivity index (χ2v) is 9.12. The number of guanidine groups is 1. The lowest BCUT2D eigenvalue weighted by Crippen LogP contribution is -2.47. The SMILES string of the molecule is CN=C(NCCS(=O)(=O)N1CCSCC1)NC1CCCCC1.I. The van der Waals surface area contributed by atoms with Crippen LogP contribution in [0, 0.1) is 0 Å². The van der Waals surface area contributed by atoms with Crippen LogP contribution in [0.15, 0.2) is 4.99 Å². The summed E-state index contributed by atoms with van der Waals surface area (Å²) in [5.74, 6) is 2.65. The molecule has 0 radical (unpaired) electrons. The van der Waals surface area contributed by atoms with Gasteiger partial charge in [0.1, 0.15) is 0 Å². The smallest absolute Gasteiger partial charge is 0.215 e. The van der Waals surface area contributed by atoms with Gasteiger partial charge in [0.15, 0.2) is 5.96 Å². The van der Waals surface area contributed by atoms with Crippen molar-refractivity contribution in [2.45, 2.75) is 38.1 Å². The lowest BCUT2D eigenvalue weighted by molar-refractivity contribution is 0.410. The van der Waals surface area contributed by atoms with Crippen molar-refractivity contribution in [2.24, 2.45) is 4.99 Å². The largest absolute Gasteiger partial charge is 0.355 e. The second-order valence-electron chi connectivity index (χ2n) is 5.81. The van der Waals surface area contributed by atoms with Crippen molar-refractivity contribution in [3.8, 4) is 0 Å². The Morgan fingerprint density at radius 3 is 2.48 bits per heavy atom. The molecule has 23 heavy (non-hydrogen) atoms. The fourth-order valence-electron chi connectivity index (χ4n) is 2.89. The van der Waals surface area contributed by atoms with Crippen molar-refractivity contribution in [1.82, 2.24) is 14.9 Å². The van der Waals surface area contributed by atoms with E-state index in [1.54, 1.807) is 11.4 Å². The zero-order valence-corrected chi connectivity index (χ0v) is 17.8. The van der Waals surface area contributed by atoms with Crippen LogP contribution in [0.2, 0.25) is 0 Å². The molecule has 2 fully saturated rings. The minimum Gasteiger partial charge on any atom is -0.355 e. The van der Waals surface area contributed by atoms with Gasteiger partial charge in [-0.1, -0.05) is 19.3 Å². The van der Waals surface area contributed by atoms with Gasteiger partial charge >= 0.3 is 0 Å². The molecular formula is C14H29IN4O2S2. The van der Waals surface area contributed by atoms with Crippen LogP contribution in [-0.4, -0.2) is 68.7 Å². The van der Waals surface area contributed by atoms with E-state index in [0.717, 1.165) is 17.5 Å². The van der Waals surface area contributed by atoms with Gasteiger partial charge in [0.2, 0.25) is 10.0 Å². The van der Waals surface area contributed by atoms with Crippen molar-refractivity contribution in [2.75, 3.05) is 43.9 Å². The fourth-order valence-corrected chi connectivity index (χ4v) is 5.38. The van der Waals surface area contributed by atoms with Gasteiger partial charge in [-0.25, -0.2) is 12.7 Å². The van der Waals surface area contributed by atoms with Crippen LogP contribution in [-0.2, 0) is 10.0 Å². The molecule has 2 N–H and O–H groups in total. The molecule has 0 aromatic heterocycles. The van der Waals surface area contributed by atoms with Crippen LogP contribution in [0.25, 0.3) is 0 Å². The Hall–Kier alpha value is 0.260. The standard InChI is InChI=1S/C14H28N4O2S2.HI/c1-15-14(17-13-5-3-2-4-6-13)16-7-12-22(19,20)18-8-10-21-11-9-18;/h13H,2-12H2,1H3,(H2,15,16,17);1H. The molecule has 2 rings (SSSR count). The molecule has 0 amide bonds. The minimum atomic E-state index is -3.15. The Bertz CT molecular complexity index is 461. The molecule has 1 saturated carbocycles. The zero-order chi connectivity index (χ0) is 15.8. The van der Waals surface area contributed by atoms with E-state index in [0.29, 0.717) is 25.7 Å². The van der Waals surface area contributed by atoms with E-state index in [2.05, 4.69) is 15.6 Å². The molecule has 9 heteroatoms. The molecule has 0 aromatic rings. The van der Waals surface area contributed by atoms with Crippen molar-refractivity contribution < 1.29 is 8.42 Å². The quantitative estimate of drug-likeness (QED) is 0.357. The molecule has 0 bridgehead atoms. The highest BCUT2D eigenvalue weighted by atomic mass is 127. The summed E-state index contributed by atoms with van der Waals surface area (Å²) in [5, 5.41) is 6.54. The molecule has 2 aliphatic rings. The first-order chi connectivity index (χ1) is 10.6. The molecule has 136 valence electrons. The molecule has 0 spiro atoms. The summed E-state index contributed by atoms with van der Waals surface area (Å²) >= 11 is 1.82. The number of hydrogen-bond acceptors (Lipinski definition) is 4. The second kappa shape index (κ2) is 11.0. The molecule has 6 nitrogen and oxygen atoms in total. The van der Waals surface area contributed by atoms with Crippen LogP contribution >= 0.6 is 35.7 Å². The number of thioether (sulfide) groups is 1. The molecule has 1 heterocycles. The van der Waals surface area contributed by atoms with Gasteiger partial charge in [-0.3, -0.25) is 4.99 Å². The van der Waals surface area contributed by atoms with E-state index in [9.17, 15) is 8.42 Å². The topological polar surface area (TPSA) is 73.8 Å². The third-order valence-electron chi connectivity index (χ3n) is 4.19. The molecule has 1 saturated heterocycles. The van der Waals surface area contributed by atoms with E-state index in [4.69, 9.17) is 0 Å². The minimum absolute atomic E-state index is 0. The van der Waals surface area contributed by atoms with Crippen molar-refractivity contribution in [3.05, 3.63) is 0 Å². The van der Waals surface area contributed by atoms with E-state index >= 15 is 0 Å². The summed E-state index contributed by atoms with van der Waals surface area (Å²) in [6.45, 7) is 1.68. The molecule has 1 aliphatic carbocycles. The van der Waals surface area contributed by atoms with Gasteiger partial charge in [0.05, 0.1) is 5.75 Å². The summed E-state index contributed by atoms with van der Waals surface area (Å²) in [7, 11) is -1.41. The van der Waals surface area contributed by atoms with Crippen LogP contribution in [0.5, 0.6) is 0 Å². The molecular weight excluding hydrogens is 447 g/mol. The highest BCUT2D eigenvalue weighted by Crippen LogP contribution is 2.17. The van der Waals surface area contributed by atoms with Crippen LogP contribution in [0.4, 0.5) is 0 Å². The molecule has 0 atom stereocenters. The lowest BCUT2D eigenvalue weighted by Gasteiger charge is -2.26. The number of nitrogens with zero attached hydrogens (tertiary/aromatic N) is 2. The van der Waals surface area contributed by atoms with E-state index in [-0.39, 0.29) is 29.7 Å². The maximum absolute atomic E-state index is 12.3. The Kier molecular flexibility index (Phi) is 10.2. The van der Waals surface area contributed by atoms with Gasteiger partial charge in [0, 0.05) is 44.2 Å². The zero-order valence-electron chi connectivity index (χ0n) is 13.8. The number of sulfonamides is 1. The molecule has 0 unspecified atom stereocenters. The predicted octanol–water partition coefficient (Wildman–Crippen LogP) is 1.48. The van der Waals surface area contributed by atoms with Crippen LogP contribution in [0.3, 0.4) is 0 Å². The van der Waals surface area contributed by atoms with Crippen LogP contribution in [0.1, 0.15) is 32.1 Å². The van der Waals surface area contributed by atoms with Gasteiger partial charge in [-0.05, 0) is 12.8 Å². The van der Waals surface area contributed by atoms with E-state index < -0.39 is 10.0 Å². The number of halogens is 1. The average molecular weight is 476 g/mol. The summed E-state index contributed by atoms with van der Waals surface area (Å²) in [5.41, 5.74) is 0. The molecule has 1 aliphatic heterocycles. The summed E-state index contributed by atoms with van der Waals surface area (Å²) in [4.78, 5) is 4.20. The normalized spacial score (nSPS) is 21.5. The Balaban J connectivity index is 0.00000264. The maximum atomic E-state index is 12.3. The van der Waals surface area contributed by atoms with Crippen molar-refractivity contribution in [1.29, 1.82) is 0 Å².